The lowest BCUT2D eigenvalue weighted by atomic mass is 9.63. The predicted molar refractivity (Wildman–Crippen MR) is 82.6 cm³/mol. The fourth-order valence-corrected chi connectivity index (χ4v) is 4.07. The lowest BCUT2D eigenvalue weighted by molar-refractivity contribution is 0.105. The maximum absolute atomic E-state index is 4.34. The molecule has 1 N–H and O–H groups in total. The van der Waals surface area contributed by atoms with Crippen LogP contribution < -0.4 is 5.32 Å². The van der Waals surface area contributed by atoms with Gasteiger partial charge in [-0.3, -0.25) is 0 Å². The monoisotopic (exact) mass is 279 g/mol. The van der Waals surface area contributed by atoms with Gasteiger partial charge in [0.25, 0.3) is 0 Å². The van der Waals surface area contributed by atoms with Crippen LogP contribution in [-0.4, -0.2) is 22.3 Å². The molecule has 0 spiro atoms. The molecule has 0 bridgehead atoms. The van der Waals surface area contributed by atoms with E-state index in [0.717, 1.165) is 10.8 Å². The van der Waals surface area contributed by atoms with Gasteiger partial charge >= 0.3 is 0 Å². The van der Waals surface area contributed by atoms with E-state index in [1.54, 1.807) is 18.1 Å². The largest absolute Gasteiger partial charge is 0.367 e. The fourth-order valence-electron chi connectivity index (χ4n) is 3.69. The molecule has 0 radical (unpaired) electrons. The lowest BCUT2D eigenvalue weighted by Crippen LogP contribution is -2.40. The summed E-state index contributed by atoms with van der Waals surface area (Å²) in [6.07, 6.45) is 7.38. The van der Waals surface area contributed by atoms with Crippen molar-refractivity contribution in [2.24, 2.45) is 10.8 Å². The molecule has 1 aliphatic carbocycles. The average molecular weight is 279 g/mol. The quantitative estimate of drug-likeness (QED) is 0.664. The van der Waals surface area contributed by atoms with E-state index in [4.69, 9.17) is 0 Å². The zero-order valence-corrected chi connectivity index (χ0v) is 13.5. The minimum atomic E-state index is 0.398. The van der Waals surface area contributed by atoms with Crippen molar-refractivity contribution < 1.29 is 0 Å². The van der Waals surface area contributed by atoms with E-state index in [2.05, 4.69) is 43.0 Å². The van der Waals surface area contributed by atoms with Crippen molar-refractivity contribution in [2.45, 2.75) is 58.0 Å². The van der Waals surface area contributed by atoms with Crippen LogP contribution in [0.4, 0.5) is 5.82 Å². The molecule has 106 valence electrons. The summed E-state index contributed by atoms with van der Waals surface area (Å²) in [6, 6.07) is 2.54. The van der Waals surface area contributed by atoms with Crippen LogP contribution in [0.1, 0.15) is 47.0 Å². The second kappa shape index (κ2) is 5.31. The number of nitrogens with zero attached hydrogens (tertiary/aromatic N) is 2. The zero-order chi connectivity index (χ0) is 14.1. The van der Waals surface area contributed by atoms with Crippen LogP contribution in [0.3, 0.4) is 0 Å². The van der Waals surface area contributed by atoms with E-state index >= 15 is 0 Å². The molecule has 1 fully saturated rings. The fraction of sp³-hybridized carbons (Fsp3) is 0.733. The number of hydrogen-bond donors (Lipinski definition) is 1. The highest BCUT2D eigenvalue weighted by molar-refractivity contribution is 7.98. The minimum absolute atomic E-state index is 0.398. The number of hydrogen-bond acceptors (Lipinski definition) is 4. The predicted octanol–water partition coefficient (Wildman–Crippen LogP) is 4.22. The summed E-state index contributed by atoms with van der Waals surface area (Å²) in [7, 11) is 0. The van der Waals surface area contributed by atoms with Crippen LogP contribution in [0, 0.1) is 10.8 Å². The molecule has 0 unspecified atom stereocenters. The van der Waals surface area contributed by atoms with Crippen molar-refractivity contribution in [3.8, 4) is 0 Å². The lowest BCUT2D eigenvalue weighted by Gasteiger charge is -2.45. The molecule has 3 nitrogen and oxygen atoms in total. The molecule has 19 heavy (non-hydrogen) atoms. The van der Waals surface area contributed by atoms with Crippen LogP contribution in [0.15, 0.2) is 17.4 Å². The van der Waals surface area contributed by atoms with Crippen molar-refractivity contribution >= 4 is 17.6 Å². The summed E-state index contributed by atoms with van der Waals surface area (Å²) in [4.78, 5) is 8.56. The van der Waals surface area contributed by atoms with Crippen LogP contribution in [0.2, 0.25) is 0 Å². The topological polar surface area (TPSA) is 37.8 Å². The van der Waals surface area contributed by atoms with Gasteiger partial charge in [-0.05, 0) is 36.3 Å². The van der Waals surface area contributed by atoms with Gasteiger partial charge in [0.05, 0.1) is 0 Å². The van der Waals surface area contributed by atoms with Gasteiger partial charge in [-0.15, -0.1) is 11.8 Å². The highest BCUT2D eigenvalue weighted by Crippen LogP contribution is 2.46. The third-order valence-corrected chi connectivity index (χ3v) is 4.40. The van der Waals surface area contributed by atoms with Crippen LogP contribution in [-0.2, 0) is 0 Å². The second-order valence-electron chi connectivity index (χ2n) is 7.20. The first-order valence-corrected chi connectivity index (χ1v) is 8.15. The summed E-state index contributed by atoms with van der Waals surface area (Å²) in [6.45, 7) is 9.48. The van der Waals surface area contributed by atoms with Gasteiger partial charge in [0.1, 0.15) is 17.2 Å². The number of thioether (sulfide) groups is 1. The molecule has 0 atom stereocenters. The molecule has 0 aliphatic heterocycles. The number of aromatic nitrogens is 2. The smallest absolute Gasteiger partial charge is 0.130 e. The zero-order valence-electron chi connectivity index (χ0n) is 12.7. The molecule has 1 aliphatic rings. The molecule has 4 heteroatoms. The average Bonchev–Trinajstić information content (AvgIpc) is 2.24. The molecular formula is C15H25N3S. The van der Waals surface area contributed by atoms with Gasteiger partial charge in [-0.2, -0.15) is 0 Å². The SMILES string of the molecule is CSc1cc(NC2CC(C)(C)CC(C)(C)C2)ncn1. The van der Waals surface area contributed by atoms with Gasteiger partial charge in [-0.25, -0.2) is 9.97 Å². The first-order chi connectivity index (χ1) is 8.80. The highest BCUT2D eigenvalue weighted by Gasteiger charge is 2.38. The molecule has 0 amide bonds. The number of nitrogens with one attached hydrogen (secondary N) is 1. The Morgan fingerprint density at radius 3 is 2.37 bits per heavy atom. The summed E-state index contributed by atoms with van der Waals surface area (Å²) in [5.41, 5.74) is 0.795. The van der Waals surface area contributed by atoms with Crippen molar-refractivity contribution in [2.75, 3.05) is 11.6 Å². The Hall–Kier alpha value is -0.770. The van der Waals surface area contributed by atoms with E-state index in [-0.39, 0.29) is 0 Å². The molecule has 1 aromatic rings. The van der Waals surface area contributed by atoms with Gasteiger partial charge < -0.3 is 5.32 Å². The van der Waals surface area contributed by atoms with Crippen LogP contribution in [0.5, 0.6) is 0 Å². The summed E-state index contributed by atoms with van der Waals surface area (Å²) >= 11 is 1.65. The standard InChI is InChI=1S/C15H25N3S/c1-14(2)7-11(8-15(3,4)9-14)18-12-6-13(19-5)17-10-16-12/h6,10-11H,7-9H2,1-5H3,(H,16,17,18). The molecular weight excluding hydrogens is 254 g/mol. The maximum atomic E-state index is 4.34. The summed E-state index contributed by atoms with van der Waals surface area (Å²) in [5, 5.41) is 4.62. The number of anilines is 1. The van der Waals surface area contributed by atoms with Crippen molar-refractivity contribution in [3.05, 3.63) is 12.4 Å². The first-order valence-electron chi connectivity index (χ1n) is 6.92. The third kappa shape index (κ3) is 4.10. The number of rotatable bonds is 3. The Balaban J connectivity index is 2.09. The summed E-state index contributed by atoms with van der Waals surface area (Å²) in [5.74, 6) is 0.956. The third-order valence-electron chi connectivity index (χ3n) is 3.76. The van der Waals surface area contributed by atoms with E-state index < -0.39 is 0 Å². The Morgan fingerprint density at radius 1 is 1.16 bits per heavy atom. The van der Waals surface area contributed by atoms with Crippen LogP contribution >= 0.6 is 11.8 Å². The van der Waals surface area contributed by atoms with Crippen molar-refractivity contribution in [1.82, 2.24) is 9.97 Å². The van der Waals surface area contributed by atoms with Crippen LogP contribution in [0.25, 0.3) is 0 Å². The van der Waals surface area contributed by atoms with Gasteiger partial charge in [0.2, 0.25) is 0 Å². The minimum Gasteiger partial charge on any atom is -0.367 e. The van der Waals surface area contributed by atoms with E-state index in [1.807, 2.05) is 12.3 Å². The van der Waals surface area contributed by atoms with E-state index in [0.29, 0.717) is 16.9 Å². The van der Waals surface area contributed by atoms with Crippen molar-refractivity contribution in [1.29, 1.82) is 0 Å². The Labute approximate surface area is 121 Å². The van der Waals surface area contributed by atoms with Gasteiger partial charge in [0, 0.05) is 12.1 Å². The van der Waals surface area contributed by atoms with Gasteiger partial charge in [0.15, 0.2) is 0 Å². The van der Waals surface area contributed by atoms with Crippen molar-refractivity contribution in [3.63, 3.8) is 0 Å². The van der Waals surface area contributed by atoms with E-state index in [9.17, 15) is 0 Å². The van der Waals surface area contributed by atoms with E-state index in [1.165, 1.54) is 19.3 Å². The normalized spacial score (nSPS) is 22.2. The summed E-state index contributed by atoms with van der Waals surface area (Å²) < 4.78 is 0. The van der Waals surface area contributed by atoms with Gasteiger partial charge in [-0.1, -0.05) is 27.7 Å². The molecule has 1 heterocycles. The molecule has 0 aromatic carbocycles. The highest BCUT2D eigenvalue weighted by atomic mass is 32.2. The Bertz CT molecular complexity index is 427. The molecule has 1 saturated carbocycles. The Morgan fingerprint density at radius 2 is 1.79 bits per heavy atom. The second-order valence-corrected chi connectivity index (χ2v) is 8.03. The molecule has 0 saturated heterocycles. The maximum Gasteiger partial charge on any atom is 0.130 e. The molecule has 2 rings (SSSR count). The molecule has 1 aromatic heterocycles. The Kier molecular flexibility index (Phi) is 4.09. The first kappa shape index (κ1) is 14.6.